The molecule has 1 amide bonds. The molecule has 2 N–H and O–H groups in total. The summed E-state index contributed by atoms with van der Waals surface area (Å²) in [6, 6.07) is 8.53. The molecule has 39 heavy (non-hydrogen) atoms. The van der Waals surface area contributed by atoms with Crippen LogP contribution in [0.3, 0.4) is 0 Å². The zero-order valence-corrected chi connectivity index (χ0v) is 22.6. The Kier molecular flexibility index (Phi) is 7.51. The van der Waals surface area contributed by atoms with E-state index in [4.69, 9.17) is 4.74 Å². The Bertz CT molecular complexity index is 1380. The molecule has 1 aromatic heterocycles. The minimum Gasteiger partial charge on any atom is -0.486 e. The number of carbonyl (C=O) groups is 1. The average Bonchev–Trinajstić information content (AvgIpc) is 2.93. The molecule has 3 heterocycles. The lowest BCUT2D eigenvalue weighted by molar-refractivity contribution is 0.0828. The maximum Gasteiger partial charge on any atom is 0.255 e. The van der Waals surface area contributed by atoms with Gasteiger partial charge in [0.25, 0.3) is 5.91 Å². The Morgan fingerprint density at radius 1 is 1.08 bits per heavy atom. The van der Waals surface area contributed by atoms with Gasteiger partial charge in [0.15, 0.2) is 17.4 Å². The van der Waals surface area contributed by atoms with E-state index in [1.807, 2.05) is 30.9 Å². The first-order valence-electron chi connectivity index (χ1n) is 13.1. The molecule has 0 spiro atoms. The van der Waals surface area contributed by atoms with E-state index in [0.29, 0.717) is 30.1 Å². The van der Waals surface area contributed by atoms with E-state index in [-0.39, 0.29) is 34.9 Å². The highest BCUT2D eigenvalue weighted by atomic mass is 19.1. The smallest absolute Gasteiger partial charge is 0.255 e. The van der Waals surface area contributed by atoms with Gasteiger partial charge in [0.1, 0.15) is 12.3 Å². The lowest BCUT2D eigenvalue weighted by Crippen LogP contribution is -2.44. The number of hydrogen-bond donors (Lipinski definition) is 2. The number of benzene rings is 2. The highest BCUT2D eigenvalue weighted by molar-refractivity contribution is 6.00. The van der Waals surface area contributed by atoms with Crippen LogP contribution in [-0.4, -0.2) is 80.2 Å². The third-order valence-electron chi connectivity index (χ3n) is 6.90. The van der Waals surface area contributed by atoms with Crippen molar-refractivity contribution in [2.45, 2.75) is 19.9 Å². The zero-order valence-electron chi connectivity index (χ0n) is 22.6. The molecule has 3 aromatic rings. The van der Waals surface area contributed by atoms with Gasteiger partial charge >= 0.3 is 0 Å². The normalized spacial score (nSPS) is 15.2. The van der Waals surface area contributed by atoms with Gasteiger partial charge in [-0.1, -0.05) is 0 Å². The molecule has 2 aromatic carbocycles. The van der Waals surface area contributed by atoms with Crippen molar-refractivity contribution in [2.24, 2.45) is 0 Å². The molecule has 2 aliphatic heterocycles. The zero-order chi connectivity index (χ0) is 27.7. The highest BCUT2D eigenvalue weighted by Gasteiger charge is 2.26. The molecule has 2 aliphatic rings. The molecule has 5 rings (SSSR count). The largest absolute Gasteiger partial charge is 0.486 e. The van der Waals surface area contributed by atoms with Crippen molar-refractivity contribution < 1.29 is 18.3 Å². The van der Waals surface area contributed by atoms with Crippen LogP contribution in [0.25, 0.3) is 11.3 Å². The topological polar surface area (TPSA) is 85.9 Å². The molecule has 0 atom stereocenters. The Balaban J connectivity index is 1.48. The number of nitrogens with one attached hydrogen (secondary N) is 2. The van der Waals surface area contributed by atoms with Crippen molar-refractivity contribution in [1.82, 2.24) is 20.2 Å². The molecule has 1 fully saturated rings. The third kappa shape index (κ3) is 5.44. The summed E-state index contributed by atoms with van der Waals surface area (Å²) in [7, 11) is 3.42. The number of carbonyl (C=O) groups excluding carboxylic acids is 1. The molecular formula is C28H33F2N7O2. The quantitative estimate of drug-likeness (QED) is 0.490. The lowest BCUT2D eigenvalue weighted by Gasteiger charge is -2.34. The van der Waals surface area contributed by atoms with Crippen molar-refractivity contribution in [3.05, 3.63) is 53.7 Å². The standard InChI is InChI=1S/C28H33F2N7O2/c1-17(2)37-11-12-39-26-21(29)13-18(14-24(26)37)25-22(30)16-32-28(34-25)33-19-5-6-23(36-9-7-31-8-10-36)20(15-19)27(38)35(3)4/h5-6,13-17,31H,7-12H2,1-4H3,(H,32,33,34). The summed E-state index contributed by atoms with van der Waals surface area (Å²) in [5.74, 6) is -1.09. The fourth-order valence-electron chi connectivity index (χ4n) is 4.94. The second-order valence-electron chi connectivity index (χ2n) is 10.1. The second kappa shape index (κ2) is 11.0. The van der Waals surface area contributed by atoms with Crippen molar-refractivity contribution in [3.63, 3.8) is 0 Å². The van der Waals surface area contributed by atoms with Gasteiger partial charge in [0.2, 0.25) is 5.95 Å². The number of piperazine rings is 1. The summed E-state index contributed by atoms with van der Waals surface area (Å²) in [5, 5.41) is 6.41. The average molecular weight is 538 g/mol. The summed E-state index contributed by atoms with van der Waals surface area (Å²) in [6.45, 7) is 8.26. The first-order chi connectivity index (χ1) is 18.7. The van der Waals surface area contributed by atoms with E-state index < -0.39 is 11.6 Å². The minimum absolute atomic E-state index is 0.0366. The summed E-state index contributed by atoms with van der Waals surface area (Å²) < 4.78 is 35.5. The van der Waals surface area contributed by atoms with Crippen LogP contribution >= 0.6 is 0 Å². The van der Waals surface area contributed by atoms with Crippen LogP contribution in [-0.2, 0) is 0 Å². The number of rotatable bonds is 6. The van der Waals surface area contributed by atoms with Crippen LogP contribution in [0.5, 0.6) is 5.75 Å². The number of hydrogen-bond acceptors (Lipinski definition) is 8. The number of ether oxygens (including phenoxy) is 1. The first-order valence-corrected chi connectivity index (χ1v) is 13.1. The maximum absolute atomic E-state index is 15.0. The van der Waals surface area contributed by atoms with Gasteiger partial charge < -0.3 is 30.1 Å². The third-order valence-corrected chi connectivity index (χ3v) is 6.90. The van der Waals surface area contributed by atoms with Gasteiger partial charge in [-0.05, 0) is 44.2 Å². The Morgan fingerprint density at radius 2 is 1.85 bits per heavy atom. The monoisotopic (exact) mass is 537 g/mol. The van der Waals surface area contributed by atoms with Gasteiger partial charge in [-0.3, -0.25) is 4.79 Å². The SMILES string of the molecule is CC(C)N1CCOc2c(F)cc(-c3nc(Nc4ccc(N5CCNCC5)c(C(=O)N(C)C)c4)ncc3F)cc21. The number of halogens is 2. The first kappa shape index (κ1) is 26.6. The summed E-state index contributed by atoms with van der Waals surface area (Å²) in [6.07, 6.45) is 1.06. The van der Waals surface area contributed by atoms with Crippen LogP contribution in [0, 0.1) is 11.6 Å². The fraction of sp³-hybridized carbons (Fsp3) is 0.393. The number of fused-ring (bicyclic) bond motifs is 1. The van der Waals surface area contributed by atoms with Crippen molar-refractivity contribution in [3.8, 4) is 17.0 Å². The van der Waals surface area contributed by atoms with Crippen LogP contribution in [0.15, 0.2) is 36.5 Å². The molecule has 206 valence electrons. The Morgan fingerprint density at radius 3 is 2.56 bits per heavy atom. The molecule has 11 heteroatoms. The van der Waals surface area contributed by atoms with E-state index >= 15 is 4.39 Å². The van der Waals surface area contributed by atoms with Crippen LogP contribution in [0.1, 0.15) is 24.2 Å². The van der Waals surface area contributed by atoms with Crippen LogP contribution in [0.2, 0.25) is 0 Å². The summed E-state index contributed by atoms with van der Waals surface area (Å²) >= 11 is 0. The number of aromatic nitrogens is 2. The molecule has 0 unspecified atom stereocenters. The van der Waals surface area contributed by atoms with Crippen molar-refractivity contribution in [1.29, 1.82) is 0 Å². The Labute approximate surface area is 226 Å². The van der Waals surface area contributed by atoms with Gasteiger partial charge in [-0.15, -0.1) is 0 Å². The molecule has 0 bridgehead atoms. The number of amides is 1. The van der Waals surface area contributed by atoms with E-state index in [1.165, 1.54) is 11.0 Å². The van der Waals surface area contributed by atoms with Gasteiger partial charge in [-0.25, -0.2) is 18.7 Å². The van der Waals surface area contributed by atoms with Crippen molar-refractivity contribution >= 4 is 28.9 Å². The number of nitrogens with zero attached hydrogens (tertiary/aromatic N) is 5. The van der Waals surface area contributed by atoms with E-state index in [9.17, 15) is 9.18 Å². The van der Waals surface area contributed by atoms with E-state index in [0.717, 1.165) is 38.1 Å². The lowest BCUT2D eigenvalue weighted by atomic mass is 10.1. The predicted molar refractivity (Wildman–Crippen MR) is 148 cm³/mol. The van der Waals surface area contributed by atoms with Gasteiger partial charge in [0.05, 0.1) is 24.0 Å². The van der Waals surface area contributed by atoms with Crippen LogP contribution < -0.4 is 25.2 Å². The Hall–Kier alpha value is -3.99. The molecule has 0 saturated carbocycles. The maximum atomic E-state index is 15.0. The number of anilines is 4. The predicted octanol–water partition coefficient (Wildman–Crippen LogP) is 3.88. The molecule has 9 nitrogen and oxygen atoms in total. The van der Waals surface area contributed by atoms with Gasteiger partial charge in [-0.2, -0.15) is 0 Å². The molecule has 1 saturated heterocycles. The summed E-state index contributed by atoms with van der Waals surface area (Å²) in [5.41, 5.74) is 2.78. The minimum atomic E-state index is -0.676. The summed E-state index contributed by atoms with van der Waals surface area (Å²) in [4.78, 5) is 27.3. The van der Waals surface area contributed by atoms with E-state index in [2.05, 4.69) is 25.5 Å². The molecular weight excluding hydrogens is 504 g/mol. The van der Waals surface area contributed by atoms with E-state index in [1.54, 1.807) is 26.2 Å². The molecule has 0 radical (unpaired) electrons. The second-order valence-corrected chi connectivity index (χ2v) is 10.1. The molecule has 0 aliphatic carbocycles. The highest BCUT2D eigenvalue weighted by Crippen LogP contribution is 2.39. The fourth-order valence-corrected chi connectivity index (χ4v) is 4.94. The van der Waals surface area contributed by atoms with Crippen LogP contribution in [0.4, 0.5) is 31.8 Å². The van der Waals surface area contributed by atoms with Gasteiger partial charge in [0, 0.05) is 63.3 Å². The van der Waals surface area contributed by atoms with Crippen molar-refractivity contribution in [2.75, 3.05) is 68.5 Å².